The fourth-order valence-electron chi connectivity index (χ4n) is 1.26. The van der Waals surface area contributed by atoms with E-state index in [1.165, 1.54) is 12.1 Å². The van der Waals surface area contributed by atoms with Gasteiger partial charge in [0.2, 0.25) is 0 Å². The summed E-state index contributed by atoms with van der Waals surface area (Å²) in [6.45, 7) is 1.62. The molecule has 0 atom stereocenters. The molecule has 0 radical (unpaired) electrons. The van der Waals surface area contributed by atoms with Gasteiger partial charge in [-0.3, -0.25) is 0 Å². The van der Waals surface area contributed by atoms with Gasteiger partial charge >= 0.3 is 0 Å². The quantitative estimate of drug-likeness (QED) is 0.767. The molecule has 2 nitrogen and oxygen atoms in total. The van der Waals surface area contributed by atoms with Gasteiger partial charge in [-0.1, -0.05) is 19.1 Å². The molecule has 0 unspecified atom stereocenters. The van der Waals surface area contributed by atoms with Crippen LogP contribution in [0, 0.1) is 11.2 Å². The van der Waals surface area contributed by atoms with Crippen molar-refractivity contribution >= 4 is 0 Å². The third kappa shape index (κ3) is 2.79. The van der Waals surface area contributed by atoms with Crippen LogP contribution in [0.4, 0.5) is 4.39 Å². The highest BCUT2D eigenvalue weighted by molar-refractivity contribution is 5.17. The summed E-state index contributed by atoms with van der Waals surface area (Å²) in [6.07, 6.45) is 0.542. The van der Waals surface area contributed by atoms with E-state index in [0.717, 1.165) is 5.56 Å². The van der Waals surface area contributed by atoms with E-state index in [1.807, 2.05) is 0 Å². The number of benzene rings is 1. The normalized spacial score (nSPS) is 11.7. The second-order valence-corrected chi connectivity index (χ2v) is 3.93. The van der Waals surface area contributed by atoms with Crippen LogP contribution in [-0.2, 0) is 6.42 Å². The van der Waals surface area contributed by atoms with Gasteiger partial charge in [0.05, 0.1) is 13.2 Å². The summed E-state index contributed by atoms with van der Waals surface area (Å²) in [5.41, 5.74) is 0.384. The van der Waals surface area contributed by atoms with E-state index in [9.17, 15) is 4.39 Å². The number of halogens is 1. The molecule has 1 rings (SSSR count). The molecule has 0 saturated carbocycles. The molecule has 14 heavy (non-hydrogen) atoms. The van der Waals surface area contributed by atoms with Crippen LogP contribution in [0.1, 0.15) is 12.5 Å². The van der Waals surface area contributed by atoms with Crippen molar-refractivity contribution in [2.75, 3.05) is 13.2 Å². The summed E-state index contributed by atoms with van der Waals surface area (Å²) in [7, 11) is 0. The molecule has 2 N–H and O–H groups in total. The van der Waals surface area contributed by atoms with Gasteiger partial charge in [-0.25, -0.2) is 4.39 Å². The second-order valence-electron chi connectivity index (χ2n) is 3.93. The average Bonchev–Trinajstić information content (AvgIpc) is 2.21. The summed E-state index contributed by atoms with van der Waals surface area (Å²) < 4.78 is 12.6. The minimum absolute atomic E-state index is 0.0825. The van der Waals surface area contributed by atoms with Gasteiger partial charge in [-0.05, 0) is 24.1 Å². The molecule has 0 aromatic heterocycles. The Kier molecular flexibility index (Phi) is 3.61. The Morgan fingerprint density at radius 2 is 1.64 bits per heavy atom. The molecule has 0 aliphatic heterocycles. The first-order chi connectivity index (χ1) is 6.59. The summed E-state index contributed by atoms with van der Waals surface area (Å²) in [6, 6.07) is 6.09. The third-order valence-corrected chi connectivity index (χ3v) is 2.31. The lowest BCUT2D eigenvalue weighted by atomic mass is 9.85. The van der Waals surface area contributed by atoms with Crippen LogP contribution in [-0.4, -0.2) is 23.4 Å². The zero-order valence-corrected chi connectivity index (χ0v) is 8.20. The minimum Gasteiger partial charge on any atom is -0.396 e. The van der Waals surface area contributed by atoms with Crippen LogP contribution in [0.25, 0.3) is 0 Å². The maximum Gasteiger partial charge on any atom is 0.123 e. The fourth-order valence-corrected chi connectivity index (χ4v) is 1.26. The predicted molar refractivity (Wildman–Crippen MR) is 52.4 cm³/mol. The fraction of sp³-hybridized carbons (Fsp3) is 0.455. The van der Waals surface area contributed by atoms with Crippen molar-refractivity contribution < 1.29 is 14.6 Å². The molecule has 0 bridgehead atoms. The van der Waals surface area contributed by atoms with Crippen molar-refractivity contribution in [3.05, 3.63) is 35.6 Å². The van der Waals surface area contributed by atoms with E-state index in [2.05, 4.69) is 0 Å². The molecule has 78 valence electrons. The van der Waals surface area contributed by atoms with Crippen LogP contribution in [0.2, 0.25) is 0 Å². The van der Waals surface area contributed by atoms with Crippen molar-refractivity contribution in [2.45, 2.75) is 13.3 Å². The van der Waals surface area contributed by atoms with Crippen LogP contribution < -0.4 is 0 Å². The zero-order valence-electron chi connectivity index (χ0n) is 8.20. The van der Waals surface area contributed by atoms with Gasteiger partial charge in [-0.2, -0.15) is 0 Å². The first kappa shape index (κ1) is 11.1. The molecule has 0 amide bonds. The van der Waals surface area contributed by atoms with Crippen LogP contribution in [0.3, 0.4) is 0 Å². The van der Waals surface area contributed by atoms with E-state index in [0.29, 0.717) is 6.42 Å². The molecule has 0 aliphatic rings. The lowest BCUT2D eigenvalue weighted by molar-refractivity contribution is 0.0704. The maximum atomic E-state index is 12.6. The molecule has 0 fully saturated rings. The SMILES string of the molecule is CC(CO)(CO)Cc1ccc(F)cc1. The van der Waals surface area contributed by atoms with Gasteiger partial charge in [0.25, 0.3) is 0 Å². The zero-order chi connectivity index (χ0) is 10.6. The Morgan fingerprint density at radius 3 is 2.07 bits per heavy atom. The van der Waals surface area contributed by atoms with Gasteiger partial charge < -0.3 is 10.2 Å². The van der Waals surface area contributed by atoms with Crippen LogP contribution in [0.5, 0.6) is 0 Å². The van der Waals surface area contributed by atoms with Gasteiger partial charge in [0.15, 0.2) is 0 Å². The Morgan fingerprint density at radius 1 is 1.14 bits per heavy atom. The summed E-state index contributed by atoms with van der Waals surface area (Å²) >= 11 is 0. The Balaban J connectivity index is 2.72. The van der Waals surface area contributed by atoms with E-state index in [-0.39, 0.29) is 19.0 Å². The summed E-state index contributed by atoms with van der Waals surface area (Å²) in [5, 5.41) is 18.1. The Labute approximate surface area is 83.0 Å². The van der Waals surface area contributed by atoms with Crippen LogP contribution >= 0.6 is 0 Å². The first-order valence-electron chi connectivity index (χ1n) is 4.56. The van der Waals surface area contributed by atoms with Crippen molar-refractivity contribution in [1.82, 2.24) is 0 Å². The summed E-state index contributed by atoms with van der Waals surface area (Å²) in [5.74, 6) is -0.275. The van der Waals surface area contributed by atoms with Crippen molar-refractivity contribution in [1.29, 1.82) is 0 Å². The Bertz CT molecular complexity index is 278. The summed E-state index contributed by atoms with van der Waals surface area (Å²) in [4.78, 5) is 0. The van der Waals surface area contributed by atoms with E-state index < -0.39 is 5.41 Å². The lowest BCUT2D eigenvalue weighted by Crippen LogP contribution is -2.28. The molecule has 0 spiro atoms. The van der Waals surface area contributed by atoms with Crippen molar-refractivity contribution in [3.8, 4) is 0 Å². The predicted octanol–water partition coefficient (Wildman–Crippen LogP) is 1.36. The highest BCUT2D eigenvalue weighted by Gasteiger charge is 2.22. The molecular weight excluding hydrogens is 183 g/mol. The van der Waals surface area contributed by atoms with E-state index >= 15 is 0 Å². The second kappa shape index (κ2) is 4.53. The maximum absolute atomic E-state index is 12.6. The van der Waals surface area contributed by atoms with Crippen LogP contribution in [0.15, 0.2) is 24.3 Å². The molecule has 3 heteroatoms. The van der Waals surface area contributed by atoms with Gasteiger partial charge in [0, 0.05) is 5.41 Å². The third-order valence-electron chi connectivity index (χ3n) is 2.31. The van der Waals surface area contributed by atoms with Crippen molar-refractivity contribution in [2.24, 2.45) is 5.41 Å². The standard InChI is InChI=1S/C11H15FO2/c1-11(7-13,8-14)6-9-2-4-10(12)5-3-9/h2-5,13-14H,6-8H2,1H3. The molecule has 0 saturated heterocycles. The minimum atomic E-state index is -0.530. The van der Waals surface area contributed by atoms with Crippen molar-refractivity contribution in [3.63, 3.8) is 0 Å². The average molecular weight is 198 g/mol. The number of hydrogen-bond acceptors (Lipinski definition) is 2. The molecule has 1 aromatic carbocycles. The highest BCUT2D eigenvalue weighted by atomic mass is 19.1. The topological polar surface area (TPSA) is 40.5 Å². The Hall–Kier alpha value is -0.930. The monoisotopic (exact) mass is 198 g/mol. The van der Waals surface area contributed by atoms with E-state index in [4.69, 9.17) is 10.2 Å². The number of aliphatic hydroxyl groups is 2. The molecule has 1 aromatic rings. The molecular formula is C11H15FO2. The van der Waals surface area contributed by atoms with Gasteiger partial charge in [-0.15, -0.1) is 0 Å². The largest absolute Gasteiger partial charge is 0.396 e. The number of aliphatic hydroxyl groups excluding tert-OH is 2. The number of rotatable bonds is 4. The molecule has 0 aliphatic carbocycles. The smallest absolute Gasteiger partial charge is 0.123 e. The number of hydrogen-bond donors (Lipinski definition) is 2. The lowest BCUT2D eigenvalue weighted by Gasteiger charge is -2.24. The van der Waals surface area contributed by atoms with E-state index in [1.54, 1.807) is 19.1 Å². The highest BCUT2D eigenvalue weighted by Crippen LogP contribution is 2.21. The first-order valence-corrected chi connectivity index (χ1v) is 4.56. The van der Waals surface area contributed by atoms with Gasteiger partial charge in [0.1, 0.15) is 5.82 Å². The molecule has 0 heterocycles.